The summed E-state index contributed by atoms with van der Waals surface area (Å²) in [5, 5.41) is 12.2. The van der Waals surface area contributed by atoms with Crippen LogP contribution in [0.25, 0.3) is 0 Å². The lowest BCUT2D eigenvalue weighted by molar-refractivity contribution is 0.324. The number of methoxy groups -OCH3 is 3. The quantitative estimate of drug-likeness (QED) is 0.747. The lowest BCUT2D eigenvalue weighted by Gasteiger charge is -2.17. The van der Waals surface area contributed by atoms with Crippen LogP contribution in [0.3, 0.4) is 0 Å². The second-order valence-corrected chi connectivity index (χ2v) is 6.39. The third-order valence-electron chi connectivity index (χ3n) is 4.57. The van der Waals surface area contributed by atoms with Crippen LogP contribution in [0.4, 0.5) is 5.69 Å². The molecule has 0 spiro atoms. The van der Waals surface area contributed by atoms with Crippen LogP contribution in [0.1, 0.15) is 17.5 Å². The van der Waals surface area contributed by atoms with Crippen molar-refractivity contribution in [1.82, 2.24) is 0 Å². The fourth-order valence-electron chi connectivity index (χ4n) is 3.11. The van der Waals surface area contributed by atoms with Gasteiger partial charge in [0.15, 0.2) is 11.5 Å². The summed E-state index contributed by atoms with van der Waals surface area (Å²) in [4.78, 5) is 8.76. The highest BCUT2D eigenvalue weighted by Gasteiger charge is 2.23. The molecule has 3 rings (SSSR count). The Balaban J connectivity index is 1.74. The summed E-state index contributed by atoms with van der Waals surface area (Å²) in [6.07, 6.45) is 1.51. The summed E-state index contributed by atoms with van der Waals surface area (Å²) >= 11 is 0. The number of rotatable bonds is 7. The molecule has 29 heavy (non-hydrogen) atoms. The van der Waals surface area contributed by atoms with Crippen molar-refractivity contribution in [1.29, 1.82) is 5.26 Å². The van der Waals surface area contributed by atoms with Crippen LogP contribution in [-0.4, -0.2) is 39.2 Å². The van der Waals surface area contributed by atoms with Crippen LogP contribution in [0, 0.1) is 11.3 Å². The number of hydrogen-bond donors (Lipinski definition) is 2. The molecule has 1 atom stereocenters. The Morgan fingerprint density at radius 1 is 1.07 bits per heavy atom. The van der Waals surface area contributed by atoms with Gasteiger partial charge in [0.05, 0.1) is 33.0 Å². The minimum absolute atomic E-state index is 0.190. The van der Waals surface area contributed by atoms with E-state index in [0.29, 0.717) is 28.6 Å². The second-order valence-electron chi connectivity index (χ2n) is 6.39. The van der Waals surface area contributed by atoms with E-state index in [2.05, 4.69) is 21.4 Å². The molecule has 1 aliphatic rings. The number of anilines is 1. The maximum absolute atomic E-state index is 8.91. The number of ether oxygens (including phenoxy) is 3. The van der Waals surface area contributed by atoms with E-state index in [1.165, 1.54) is 0 Å². The third-order valence-corrected chi connectivity index (χ3v) is 4.57. The van der Waals surface area contributed by atoms with Gasteiger partial charge < -0.3 is 25.3 Å². The van der Waals surface area contributed by atoms with Gasteiger partial charge in [-0.25, -0.2) is 4.99 Å². The molecule has 0 fully saturated rings. The van der Waals surface area contributed by atoms with E-state index in [4.69, 9.17) is 25.2 Å². The van der Waals surface area contributed by atoms with Crippen molar-refractivity contribution in [3.63, 3.8) is 0 Å². The fraction of sp³-hybridized carbons (Fsp3) is 0.286. The Labute approximate surface area is 169 Å². The summed E-state index contributed by atoms with van der Waals surface area (Å²) < 4.78 is 16.1. The molecule has 150 valence electrons. The van der Waals surface area contributed by atoms with Crippen LogP contribution < -0.4 is 25.3 Å². The molecule has 8 nitrogen and oxygen atoms in total. The monoisotopic (exact) mass is 393 g/mol. The van der Waals surface area contributed by atoms with E-state index in [9.17, 15) is 0 Å². The van der Waals surface area contributed by atoms with Gasteiger partial charge in [-0.15, -0.1) is 0 Å². The molecule has 2 aromatic carbocycles. The molecule has 1 aliphatic heterocycles. The zero-order valence-electron chi connectivity index (χ0n) is 16.6. The highest BCUT2D eigenvalue weighted by molar-refractivity contribution is 6.10. The molecule has 1 heterocycles. The molecule has 3 N–H and O–H groups in total. The van der Waals surface area contributed by atoms with E-state index < -0.39 is 0 Å². The second kappa shape index (κ2) is 8.97. The van der Waals surface area contributed by atoms with Gasteiger partial charge in [-0.05, 0) is 30.5 Å². The number of nitriles is 1. The lowest BCUT2D eigenvalue weighted by Crippen LogP contribution is -2.24. The van der Waals surface area contributed by atoms with E-state index in [-0.39, 0.29) is 12.0 Å². The number of benzene rings is 2. The predicted octanol–water partition coefficient (Wildman–Crippen LogP) is 2.72. The molecule has 1 unspecified atom stereocenters. The molecule has 0 aromatic heterocycles. The van der Waals surface area contributed by atoms with Crippen molar-refractivity contribution in [2.24, 2.45) is 15.7 Å². The minimum atomic E-state index is -0.190. The molecule has 0 saturated carbocycles. The van der Waals surface area contributed by atoms with Gasteiger partial charge >= 0.3 is 0 Å². The normalized spacial score (nSPS) is 15.2. The number of aliphatic imine (C=N–C) groups is 2. The summed E-state index contributed by atoms with van der Waals surface area (Å²) in [7, 11) is 4.69. The van der Waals surface area contributed by atoms with Gasteiger partial charge in [-0.3, -0.25) is 0 Å². The van der Waals surface area contributed by atoms with Crippen molar-refractivity contribution in [3.8, 4) is 23.3 Å². The Morgan fingerprint density at radius 2 is 1.72 bits per heavy atom. The van der Waals surface area contributed by atoms with Crippen LogP contribution in [-0.2, 0) is 6.42 Å². The van der Waals surface area contributed by atoms with Crippen LogP contribution in [0.15, 0.2) is 46.4 Å². The first kappa shape index (κ1) is 20.0. The molecule has 0 saturated heterocycles. The van der Waals surface area contributed by atoms with Crippen molar-refractivity contribution < 1.29 is 14.2 Å². The first-order chi connectivity index (χ1) is 14.1. The largest absolute Gasteiger partial charge is 0.493 e. The van der Waals surface area contributed by atoms with Gasteiger partial charge in [0.1, 0.15) is 11.9 Å². The lowest BCUT2D eigenvalue weighted by atomic mass is 10.0. The number of aryl methyl sites for hydroxylation is 1. The molecule has 8 heteroatoms. The van der Waals surface area contributed by atoms with E-state index >= 15 is 0 Å². The number of nitrogens with zero attached hydrogens (tertiary/aromatic N) is 3. The van der Waals surface area contributed by atoms with Crippen molar-refractivity contribution in [3.05, 3.63) is 47.5 Å². The SMILES string of the molecule is COc1cc(NC2=NC(N)=NC2CCc2ccc(C#N)cc2)cc(OC)c1OC. The van der Waals surface area contributed by atoms with E-state index in [1.807, 2.05) is 24.3 Å². The highest BCUT2D eigenvalue weighted by Crippen LogP contribution is 2.40. The van der Waals surface area contributed by atoms with Crippen molar-refractivity contribution in [2.45, 2.75) is 18.9 Å². The number of hydrogen-bond acceptors (Lipinski definition) is 8. The minimum Gasteiger partial charge on any atom is -0.493 e. The Kier molecular flexibility index (Phi) is 6.19. The van der Waals surface area contributed by atoms with E-state index in [1.54, 1.807) is 33.5 Å². The van der Waals surface area contributed by atoms with Crippen LogP contribution in [0.2, 0.25) is 0 Å². The molecule has 0 radical (unpaired) electrons. The maximum atomic E-state index is 8.91. The number of guanidine groups is 1. The summed E-state index contributed by atoms with van der Waals surface area (Å²) in [6.45, 7) is 0. The first-order valence-corrected chi connectivity index (χ1v) is 9.05. The maximum Gasteiger partial charge on any atom is 0.217 e. The van der Waals surface area contributed by atoms with Gasteiger partial charge in [0, 0.05) is 17.8 Å². The number of nitrogens with two attached hydrogens (primary N) is 1. The topological polar surface area (TPSA) is 114 Å². The molecular weight excluding hydrogens is 370 g/mol. The Hall–Kier alpha value is -3.73. The van der Waals surface area contributed by atoms with E-state index in [0.717, 1.165) is 24.1 Å². The Morgan fingerprint density at radius 3 is 2.28 bits per heavy atom. The molecule has 0 bridgehead atoms. The Bertz CT molecular complexity index is 952. The van der Waals surface area contributed by atoms with Gasteiger partial charge in [-0.2, -0.15) is 10.3 Å². The van der Waals surface area contributed by atoms with Gasteiger partial charge in [0.25, 0.3) is 0 Å². The van der Waals surface area contributed by atoms with Gasteiger partial charge in [0.2, 0.25) is 11.7 Å². The van der Waals surface area contributed by atoms with Crippen LogP contribution >= 0.6 is 0 Å². The van der Waals surface area contributed by atoms with Crippen molar-refractivity contribution >= 4 is 17.5 Å². The average molecular weight is 393 g/mol. The number of nitrogens with one attached hydrogen (secondary N) is 1. The predicted molar refractivity (Wildman–Crippen MR) is 112 cm³/mol. The fourth-order valence-corrected chi connectivity index (χ4v) is 3.11. The third kappa shape index (κ3) is 4.58. The van der Waals surface area contributed by atoms with Crippen molar-refractivity contribution in [2.75, 3.05) is 26.6 Å². The molecule has 0 aliphatic carbocycles. The smallest absolute Gasteiger partial charge is 0.217 e. The van der Waals surface area contributed by atoms with Crippen LogP contribution in [0.5, 0.6) is 17.2 Å². The zero-order valence-corrected chi connectivity index (χ0v) is 16.6. The summed E-state index contributed by atoms with van der Waals surface area (Å²) in [5.74, 6) is 2.49. The first-order valence-electron chi connectivity index (χ1n) is 9.05. The highest BCUT2D eigenvalue weighted by atomic mass is 16.5. The summed E-state index contributed by atoms with van der Waals surface area (Å²) in [5.41, 5.74) is 8.34. The standard InChI is InChI=1S/C21H23N5O3/c1-27-17-10-15(11-18(28-2)19(17)29-3)24-20-16(25-21(23)26-20)9-8-13-4-6-14(12-22)7-5-13/h4-7,10-11,16H,8-9H2,1-3H3,(H3,23,24,25,26). The zero-order chi connectivity index (χ0) is 20.8. The average Bonchev–Trinajstić information content (AvgIpc) is 3.10. The molecule has 0 amide bonds. The molecule has 2 aromatic rings. The number of amidine groups is 1. The molecular formula is C21H23N5O3. The van der Waals surface area contributed by atoms with Gasteiger partial charge in [-0.1, -0.05) is 12.1 Å². The summed E-state index contributed by atoms with van der Waals surface area (Å²) in [6, 6.07) is 13.1.